The predicted molar refractivity (Wildman–Crippen MR) is 120 cm³/mol. The average Bonchev–Trinajstić information content (AvgIpc) is 3.29. The molecule has 172 valence electrons. The number of ether oxygens (including phenoxy) is 2. The lowest BCUT2D eigenvalue weighted by Gasteiger charge is -2.26. The zero-order chi connectivity index (χ0) is 23.0. The van der Waals surface area contributed by atoms with Crippen molar-refractivity contribution in [3.05, 3.63) is 75.1 Å². The van der Waals surface area contributed by atoms with E-state index < -0.39 is 21.6 Å². The van der Waals surface area contributed by atoms with Gasteiger partial charge in [0, 0.05) is 30.1 Å². The highest BCUT2D eigenvalue weighted by atomic mass is 32.2. The van der Waals surface area contributed by atoms with Gasteiger partial charge in [0.25, 0.3) is 0 Å². The minimum Gasteiger partial charge on any atom is -0.457 e. The van der Waals surface area contributed by atoms with Gasteiger partial charge < -0.3 is 13.9 Å². The average molecular weight is 470 g/mol. The molecule has 2 aliphatic rings. The molecular weight excluding hydrogens is 446 g/mol. The monoisotopic (exact) mass is 469 g/mol. The van der Waals surface area contributed by atoms with Crippen molar-refractivity contribution in [3.63, 3.8) is 0 Å². The normalized spacial score (nSPS) is 16.6. The van der Waals surface area contributed by atoms with Gasteiger partial charge in [-0.1, -0.05) is 0 Å². The lowest BCUT2D eigenvalue weighted by molar-refractivity contribution is 0.0473. The molecule has 3 aromatic rings. The second-order valence-corrected chi connectivity index (χ2v) is 10.1. The van der Waals surface area contributed by atoms with Crippen LogP contribution in [0.2, 0.25) is 0 Å². The third-order valence-corrected chi connectivity index (χ3v) is 8.01. The predicted octanol–water partition coefficient (Wildman–Crippen LogP) is 2.66. The summed E-state index contributed by atoms with van der Waals surface area (Å²) in [5, 5.41) is 0.759. The van der Waals surface area contributed by atoms with E-state index in [1.165, 1.54) is 45.8 Å². The van der Waals surface area contributed by atoms with E-state index >= 15 is 0 Å². The van der Waals surface area contributed by atoms with Crippen molar-refractivity contribution in [2.45, 2.75) is 30.8 Å². The Labute approximate surface area is 190 Å². The van der Waals surface area contributed by atoms with Gasteiger partial charge in [0.05, 0.1) is 23.7 Å². The lowest BCUT2D eigenvalue weighted by atomic mass is 10.0. The molecule has 9 heteroatoms. The Balaban J connectivity index is 1.32. The lowest BCUT2D eigenvalue weighted by Crippen LogP contribution is -2.40. The van der Waals surface area contributed by atoms with Crippen molar-refractivity contribution >= 4 is 27.0 Å². The quantitative estimate of drug-likeness (QED) is 0.418. The molecule has 2 aromatic carbocycles. The van der Waals surface area contributed by atoms with E-state index in [0.717, 1.165) is 24.6 Å². The van der Waals surface area contributed by atoms with Crippen LogP contribution >= 0.6 is 0 Å². The standard InChI is InChI=1S/C24H23NO7S/c26-23-14-19(21-12-17-2-1-3-18(17)13-22(21)32-23)15-31-24(27)16-4-6-20(7-5-16)33(28,29)25-8-10-30-11-9-25/h4-7,12-14H,1-3,8-11,15H2. The zero-order valence-electron chi connectivity index (χ0n) is 17.9. The number of rotatable bonds is 5. The number of fused-ring (bicyclic) bond motifs is 2. The summed E-state index contributed by atoms with van der Waals surface area (Å²) in [5.74, 6) is -0.604. The fourth-order valence-corrected chi connectivity index (χ4v) is 5.75. The number of aryl methyl sites for hydroxylation is 2. The van der Waals surface area contributed by atoms with E-state index in [0.29, 0.717) is 37.4 Å². The van der Waals surface area contributed by atoms with E-state index in [9.17, 15) is 18.0 Å². The molecule has 1 aromatic heterocycles. The molecule has 0 bridgehead atoms. The van der Waals surface area contributed by atoms with E-state index in [2.05, 4.69) is 0 Å². The van der Waals surface area contributed by atoms with Crippen LogP contribution in [-0.4, -0.2) is 45.0 Å². The number of morpholine rings is 1. The summed E-state index contributed by atoms with van der Waals surface area (Å²) in [4.78, 5) is 24.7. The van der Waals surface area contributed by atoms with E-state index in [-0.39, 0.29) is 17.1 Å². The van der Waals surface area contributed by atoms with Gasteiger partial charge in [-0.15, -0.1) is 0 Å². The maximum atomic E-state index is 12.7. The second-order valence-electron chi connectivity index (χ2n) is 8.18. The van der Waals surface area contributed by atoms with Gasteiger partial charge in [-0.2, -0.15) is 4.31 Å². The first-order valence-electron chi connectivity index (χ1n) is 10.9. The molecule has 33 heavy (non-hydrogen) atoms. The van der Waals surface area contributed by atoms with Gasteiger partial charge in [-0.05, 0) is 66.8 Å². The molecule has 0 atom stereocenters. The van der Waals surface area contributed by atoms with Crippen LogP contribution < -0.4 is 5.63 Å². The van der Waals surface area contributed by atoms with Gasteiger partial charge in [0.15, 0.2) is 0 Å². The van der Waals surface area contributed by atoms with Crippen LogP contribution in [0.25, 0.3) is 11.0 Å². The second kappa shape index (κ2) is 8.74. The summed E-state index contributed by atoms with van der Waals surface area (Å²) in [6, 6.07) is 10.9. The molecule has 5 rings (SSSR count). The molecule has 0 saturated carbocycles. The Morgan fingerprint density at radius 2 is 1.70 bits per heavy atom. The van der Waals surface area contributed by atoms with Gasteiger partial charge in [0.1, 0.15) is 12.2 Å². The number of hydrogen-bond donors (Lipinski definition) is 0. The Bertz CT molecular complexity index is 1370. The van der Waals surface area contributed by atoms with Crippen molar-refractivity contribution in [2.24, 2.45) is 0 Å². The molecule has 0 unspecified atom stereocenters. The van der Waals surface area contributed by atoms with Gasteiger partial charge in [0.2, 0.25) is 10.0 Å². The number of esters is 1. The number of nitrogens with zero attached hydrogens (tertiary/aromatic N) is 1. The first kappa shape index (κ1) is 21.8. The van der Waals surface area contributed by atoms with Crippen LogP contribution in [0, 0.1) is 0 Å². The summed E-state index contributed by atoms with van der Waals surface area (Å²) in [6.45, 7) is 1.23. The van der Waals surface area contributed by atoms with Crippen LogP contribution in [0.4, 0.5) is 0 Å². The summed E-state index contributed by atoms with van der Waals surface area (Å²) >= 11 is 0. The van der Waals surface area contributed by atoms with E-state index in [1.54, 1.807) is 0 Å². The molecule has 1 saturated heterocycles. The highest BCUT2D eigenvalue weighted by Crippen LogP contribution is 2.29. The molecule has 0 spiro atoms. The largest absolute Gasteiger partial charge is 0.457 e. The minimum atomic E-state index is -3.64. The van der Waals surface area contributed by atoms with E-state index in [1.807, 2.05) is 12.1 Å². The minimum absolute atomic E-state index is 0.0897. The van der Waals surface area contributed by atoms with Crippen LogP contribution in [0.3, 0.4) is 0 Å². The van der Waals surface area contributed by atoms with Crippen molar-refractivity contribution in [3.8, 4) is 0 Å². The Morgan fingerprint density at radius 3 is 2.42 bits per heavy atom. The first-order valence-corrected chi connectivity index (χ1v) is 12.3. The zero-order valence-corrected chi connectivity index (χ0v) is 18.7. The van der Waals surface area contributed by atoms with Crippen molar-refractivity contribution < 1.29 is 27.1 Å². The fourth-order valence-electron chi connectivity index (χ4n) is 4.34. The molecule has 0 amide bonds. The maximum absolute atomic E-state index is 12.7. The fraction of sp³-hybridized carbons (Fsp3) is 0.333. The Kier molecular flexibility index (Phi) is 5.77. The third-order valence-electron chi connectivity index (χ3n) is 6.10. The van der Waals surface area contributed by atoms with Crippen LogP contribution in [0.5, 0.6) is 0 Å². The van der Waals surface area contributed by atoms with Crippen LogP contribution in [0.1, 0.15) is 33.5 Å². The van der Waals surface area contributed by atoms with Crippen LogP contribution in [-0.2, 0) is 38.9 Å². The van der Waals surface area contributed by atoms with Crippen molar-refractivity contribution in [1.82, 2.24) is 4.31 Å². The highest BCUT2D eigenvalue weighted by Gasteiger charge is 2.26. The molecule has 1 fully saturated rings. The molecule has 0 radical (unpaired) electrons. The molecule has 8 nitrogen and oxygen atoms in total. The molecular formula is C24H23NO7S. The van der Waals surface area contributed by atoms with Gasteiger partial charge in [-0.25, -0.2) is 18.0 Å². The smallest absolute Gasteiger partial charge is 0.338 e. The topological polar surface area (TPSA) is 103 Å². The summed E-state index contributed by atoms with van der Waals surface area (Å²) in [7, 11) is -3.64. The molecule has 2 heterocycles. The number of hydrogen-bond acceptors (Lipinski definition) is 7. The maximum Gasteiger partial charge on any atom is 0.338 e. The summed E-state index contributed by atoms with van der Waals surface area (Å²) in [6.07, 6.45) is 3.01. The molecule has 0 N–H and O–H groups in total. The van der Waals surface area contributed by atoms with Gasteiger partial charge >= 0.3 is 11.6 Å². The first-order chi connectivity index (χ1) is 15.9. The van der Waals surface area contributed by atoms with Gasteiger partial charge in [-0.3, -0.25) is 0 Å². The number of benzene rings is 2. The van der Waals surface area contributed by atoms with E-state index in [4.69, 9.17) is 13.9 Å². The summed E-state index contributed by atoms with van der Waals surface area (Å²) < 4.78 is 42.8. The van der Waals surface area contributed by atoms with Crippen molar-refractivity contribution in [2.75, 3.05) is 26.3 Å². The molecule has 1 aliphatic carbocycles. The SMILES string of the molecule is O=C(OCc1cc(=O)oc2cc3c(cc12)CCC3)c1ccc(S(=O)(=O)N2CCOCC2)cc1. The van der Waals surface area contributed by atoms with Crippen LogP contribution in [0.15, 0.2) is 56.6 Å². The molecule has 1 aliphatic heterocycles. The highest BCUT2D eigenvalue weighted by molar-refractivity contribution is 7.89. The Hall–Kier alpha value is -3.01. The summed E-state index contributed by atoms with van der Waals surface area (Å²) in [5.41, 5.74) is 3.21. The number of carbonyl (C=O) groups is 1. The van der Waals surface area contributed by atoms with Crippen molar-refractivity contribution in [1.29, 1.82) is 0 Å². The number of carbonyl (C=O) groups excluding carboxylic acids is 1. The Morgan fingerprint density at radius 1 is 1.00 bits per heavy atom. The number of sulfonamides is 1. The third kappa shape index (κ3) is 4.31.